The molecule has 2 aromatic rings. The van der Waals surface area contributed by atoms with Crippen LogP contribution in [0.5, 0.6) is 0 Å². The van der Waals surface area contributed by atoms with Crippen LogP contribution in [0.15, 0.2) is 24.3 Å². The number of aliphatic carboxylic acids is 1. The Hall–Kier alpha value is -2.30. The number of carbonyl (C=O) groups excluding carboxylic acids is 1. The van der Waals surface area contributed by atoms with E-state index in [1.54, 1.807) is 0 Å². The number of H-pyrrole nitrogens is 1. The van der Waals surface area contributed by atoms with E-state index in [0.29, 0.717) is 19.4 Å². The number of carbonyl (C=O) groups is 2. The molecule has 1 amide bonds. The van der Waals surface area contributed by atoms with E-state index in [1.807, 2.05) is 25.1 Å². The van der Waals surface area contributed by atoms with Crippen molar-refractivity contribution in [3.63, 3.8) is 0 Å². The number of amides is 1. The molecule has 1 heterocycles. The number of aryl methyl sites for hydroxylation is 1. The highest BCUT2D eigenvalue weighted by atomic mass is 16.4. The third-order valence-electron chi connectivity index (χ3n) is 4.99. The van der Waals surface area contributed by atoms with Crippen LogP contribution in [-0.2, 0) is 16.0 Å². The summed E-state index contributed by atoms with van der Waals surface area (Å²) in [7, 11) is 0. The molecule has 0 saturated heterocycles. The monoisotopic (exact) mass is 314 g/mol. The van der Waals surface area contributed by atoms with Crippen LogP contribution in [0.2, 0.25) is 0 Å². The Morgan fingerprint density at radius 2 is 2.04 bits per heavy atom. The number of aromatic amines is 1. The summed E-state index contributed by atoms with van der Waals surface area (Å²) in [6.07, 6.45) is 2.94. The molecule has 23 heavy (non-hydrogen) atoms. The average Bonchev–Trinajstić information content (AvgIpc) is 2.79. The Bertz CT molecular complexity index is 744. The molecule has 0 bridgehead atoms. The zero-order chi connectivity index (χ0) is 16.4. The summed E-state index contributed by atoms with van der Waals surface area (Å²) in [5.74, 6) is -1.00. The third-order valence-corrected chi connectivity index (χ3v) is 4.99. The molecule has 0 unspecified atom stereocenters. The van der Waals surface area contributed by atoms with Gasteiger partial charge in [-0.1, -0.05) is 24.6 Å². The van der Waals surface area contributed by atoms with Crippen LogP contribution in [0, 0.1) is 12.3 Å². The number of hydrogen-bond acceptors (Lipinski definition) is 2. The number of aromatic nitrogens is 1. The lowest BCUT2D eigenvalue weighted by Crippen LogP contribution is -2.42. The second-order valence-electron chi connectivity index (χ2n) is 6.49. The summed E-state index contributed by atoms with van der Waals surface area (Å²) in [4.78, 5) is 26.7. The van der Waals surface area contributed by atoms with Gasteiger partial charge in [0.1, 0.15) is 0 Å². The van der Waals surface area contributed by atoms with Crippen molar-refractivity contribution in [2.45, 2.75) is 39.0 Å². The van der Waals surface area contributed by atoms with E-state index in [4.69, 9.17) is 0 Å². The number of benzene rings is 1. The Kier molecular flexibility index (Phi) is 4.11. The topological polar surface area (TPSA) is 82.2 Å². The summed E-state index contributed by atoms with van der Waals surface area (Å²) < 4.78 is 0. The molecule has 5 heteroatoms. The highest BCUT2D eigenvalue weighted by Gasteiger charge is 2.45. The standard InChI is InChI=1S/C18H22N2O3/c1-12-13(14-5-2-3-6-15(14)20-12)7-10-19-16(21)11-18(17(22)23)8-4-9-18/h2-3,5-6,20H,4,7-11H2,1H3,(H,19,21)(H,22,23). The molecule has 1 saturated carbocycles. The Balaban J connectivity index is 1.57. The molecule has 3 rings (SSSR count). The van der Waals surface area contributed by atoms with Crippen LogP contribution in [0.4, 0.5) is 0 Å². The third kappa shape index (κ3) is 2.96. The van der Waals surface area contributed by atoms with E-state index in [2.05, 4.69) is 16.4 Å². The van der Waals surface area contributed by atoms with Gasteiger partial charge in [-0.25, -0.2) is 0 Å². The quantitative estimate of drug-likeness (QED) is 0.767. The maximum Gasteiger partial charge on any atom is 0.310 e. The van der Waals surface area contributed by atoms with Gasteiger partial charge in [-0.05, 0) is 37.8 Å². The Labute approximate surface area is 135 Å². The van der Waals surface area contributed by atoms with Crippen molar-refractivity contribution in [1.29, 1.82) is 0 Å². The SMILES string of the molecule is Cc1[nH]c2ccccc2c1CCNC(=O)CC1(C(=O)O)CCC1. The summed E-state index contributed by atoms with van der Waals surface area (Å²) >= 11 is 0. The van der Waals surface area contributed by atoms with Gasteiger partial charge >= 0.3 is 5.97 Å². The van der Waals surface area contributed by atoms with Crippen LogP contribution in [0.1, 0.15) is 36.9 Å². The summed E-state index contributed by atoms with van der Waals surface area (Å²) in [6, 6.07) is 8.11. The molecule has 1 aliphatic rings. The first-order valence-corrected chi connectivity index (χ1v) is 8.08. The van der Waals surface area contributed by atoms with Gasteiger partial charge in [0, 0.05) is 29.6 Å². The van der Waals surface area contributed by atoms with Gasteiger partial charge < -0.3 is 15.4 Å². The zero-order valence-electron chi connectivity index (χ0n) is 13.3. The zero-order valence-corrected chi connectivity index (χ0v) is 13.3. The molecule has 1 aromatic heterocycles. The van der Waals surface area contributed by atoms with Gasteiger partial charge in [-0.2, -0.15) is 0 Å². The average molecular weight is 314 g/mol. The van der Waals surface area contributed by atoms with Crippen molar-refractivity contribution >= 4 is 22.8 Å². The van der Waals surface area contributed by atoms with Crippen molar-refractivity contribution in [2.75, 3.05) is 6.54 Å². The van der Waals surface area contributed by atoms with Gasteiger partial charge in [0.05, 0.1) is 5.41 Å². The minimum Gasteiger partial charge on any atom is -0.481 e. The number of nitrogens with one attached hydrogen (secondary N) is 2. The van der Waals surface area contributed by atoms with Crippen LogP contribution < -0.4 is 5.32 Å². The highest BCUT2D eigenvalue weighted by molar-refractivity contribution is 5.86. The molecule has 1 fully saturated rings. The normalized spacial score (nSPS) is 16.0. The lowest BCUT2D eigenvalue weighted by Gasteiger charge is -2.36. The lowest BCUT2D eigenvalue weighted by molar-refractivity contribution is -0.157. The first-order chi connectivity index (χ1) is 11.0. The molecule has 0 atom stereocenters. The summed E-state index contributed by atoms with van der Waals surface area (Å²) in [6.45, 7) is 2.56. The van der Waals surface area contributed by atoms with Gasteiger partial charge in [0.2, 0.25) is 5.91 Å². The van der Waals surface area contributed by atoms with Gasteiger partial charge in [0.25, 0.3) is 0 Å². The van der Waals surface area contributed by atoms with Gasteiger partial charge in [-0.15, -0.1) is 0 Å². The van der Waals surface area contributed by atoms with E-state index < -0.39 is 11.4 Å². The minimum atomic E-state index is -0.841. The van der Waals surface area contributed by atoms with Crippen molar-refractivity contribution in [1.82, 2.24) is 10.3 Å². The molecule has 122 valence electrons. The fourth-order valence-corrected chi connectivity index (χ4v) is 3.42. The predicted molar refractivity (Wildman–Crippen MR) is 88.3 cm³/mol. The van der Waals surface area contributed by atoms with Crippen molar-refractivity contribution in [2.24, 2.45) is 5.41 Å². The molecule has 1 aromatic carbocycles. The molecule has 5 nitrogen and oxygen atoms in total. The predicted octanol–water partition coefficient (Wildman–Crippen LogP) is 2.78. The molecule has 0 radical (unpaired) electrons. The molecular formula is C18H22N2O3. The van der Waals surface area contributed by atoms with Crippen molar-refractivity contribution in [3.8, 4) is 0 Å². The second kappa shape index (κ2) is 6.07. The van der Waals surface area contributed by atoms with E-state index in [-0.39, 0.29) is 12.3 Å². The fraction of sp³-hybridized carbons (Fsp3) is 0.444. The molecule has 1 aliphatic carbocycles. The first-order valence-electron chi connectivity index (χ1n) is 8.08. The summed E-state index contributed by atoms with van der Waals surface area (Å²) in [5.41, 5.74) is 2.60. The summed E-state index contributed by atoms with van der Waals surface area (Å²) in [5, 5.41) is 13.3. The number of rotatable bonds is 6. The number of hydrogen-bond donors (Lipinski definition) is 3. The first kappa shape index (κ1) is 15.6. The largest absolute Gasteiger partial charge is 0.481 e. The number of carboxylic acid groups (broad SMARTS) is 1. The molecular weight excluding hydrogens is 292 g/mol. The van der Waals surface area contributed by atoms with E-state index in [9.17, 15) is 14.7 Å². The number of para-hydroxylation sites is 1. The fourth-order valence-electron chi connectivity index (χ4n) is 3.42. The van der Waals surface area contributed by atoms with Crippen LogP contribution in [0.3, 0.4) is 0 Å². The maximum atomic E-state index is 12.1. The van der Waals surface area contributed by atoms with Crippen molar-refractivity contribution < 1.29 is 14.7 Å². The van der Waals surface area contributed by atoms with E-state index >= 15 is 0 Å². The van der Waals surface area contributed by atoms with Gasteiger partial charge in [-0.3, -0.25) is 9.59 Å². The maximum absolute atomic E-state index is 12.1. The van der Waals surface area contributed by atoms with Crippen LogP contribution in [0.25, 0.3) is 10.9 Å². The molecule has 0 aliphatic heterocycles. The number of carboxylic acids is 1. The van der Waals surface area contributed by atoms with Crippen LogP contribution in [-0.4, -0.2) is 28.5 Å². The minimum absolute atomic E-state index is 0.0925. The van der Waals surface area contributed by atoms with Crippen LogP contribution >= 0.6 is 0 Å². The van der Waals surface area contributed by atoms with E-state index in [1.165, 1.54) is 10.9 Å². The highest BCUT2D eigenvalue weighted by Crippen LogP contribution is 2.44. The number of fused-ring (bicyclic) bond motifs is 1. The van der Waals surface area contributed by atoms with Crippen molar-refractivity contribution in [3.05, 3.63) is 35.5 Å². The molecule has 0 spiro atoms. The van der Waals surface area contributed by atoms with E-state index in [0.717, 1.165) is 24.1 Å². The molecule has 3 N–H and O–H groups in total. The smallest absolute Gasteiger partial charge is 0.310 e. The lowest BCUT2D eigenvalue weighted by atomic mass is 9.66. The Morgan fingerprint density at radius 1 is 1.30 bits per heavy atom. The Morgan fingerprint density at radius 3 is 2.70 bits per heavy atom. The second-order valence-corrected chi connectivity index (χ2v) is 6.49. The van der Waals surface area contributed by atoms with Gasteiger partial charge in [0.15, 0.2) is 0 Å².